The summed E-state index contributed by atoms with van der Waals surface area (Å²) in [4.78, 5) is 27.1. The van der Waals surface area contributed by atoms with Gasteiger partial charge in [0, 0.05) is 31.5 Å². The van der Waals surface area contributed by atoms with Gasteiger partial charge in [-0.15, -0.1) is 0 Å². The van der Waals surface area contributed by atoms with E-state index in [0.717, 1.165) is 40.9 Å². The third-order valence-corrected chi connectivity index (χ3v) is 7.51. The predicted octanol–water partition coefficient (Wildman–Crippen LogP) is 7.36. The minimum Gasteiger partial charge on any atom is -0.469 e. The summed E-state index contributed by atoms with van der Waals surface area (Å²) in [5, 5.41) is 0. The molecule has 0 radical (unpaired) electrons. The Morgan fingerprint density at radius 2 is 1.40 bits per heavy atom. The van der Waals surface area contributed by atoms with Crippen LogP contribution in [-0.2, 0) is 14.3 Å². The average molecular weight is 540 g/mol. The highest BCUT2D eigenvalue weighted by Crippen LogP contribution is 2.37. The van der Waals surface area contributed by atoms with Crippen LogP contribution in [0.1, 0.15) is 75.6 Å². The van der Waals surface area contributed by atoms with Gasteiger partial charge < -0.3 is 9.47 Å². The maximum absolute atomic E-state index is 12.4. The van der Waals surface area contributed by atoms with E-state index in [2.05, 4.69) is 55.1 Å². The van der Waals surface area contributed by atoms with Crippen LogP contribution in [0.4, 0.5) is 0 Å². The second kappa shape index (κ2) is 12.6. The molecule has 3 aromatic carbocycles. The number of rotatable bonds is 9. The number of ether oxygens (including phenoxy) is 2. The molecule has 5 nitrogen and oxygen atoms in total. The number of carbonyl (C=O) groups is 2. The first-order valence-electron chi connectivity index (χ1n) is 14.1. The largest absolute Gasteiger partial charge is 0.469 e. The van der Waals surface area contributed by atoms with Gasteiger partial charge in [0.2, 0.25) is 0 Å². The van der Waals surface area contributed by atoms with Crippen molar-refractivity contribution < 1.29 is 19.1 Å². The molecule has 0 amide bonds. The topological polar surface area (TPSA) is 55.8 Å². The van der Waals surface area contributed by atoms with E-state index in [1.165, 1.54) is 12.7 Å². The molecule has 5 heteroatoms. The number of methoxy groups -OCH3 is 1. The molecule has 1 aliphatic heterocycles. The van der Waals surface area contributed by atoms with Crippen molar-refractivity contribution in [2.75, 3.05) is 20.2 Å². The van der Waals surface area contributed by atoms with Gasteiger partial charge in [-0.1, -0.05) is 66.7 Å². The lowest BCUT2D eigenvalue weighted by atomic mass is 9.85. The summed E-state index contributed by atoms with van der Waals surface area (Å²) in [5.41, 5.74) is 5.99. The van der Waals surface area contributed by atoms with Crippen LogP contribution in [0.15, 0.2) is 78.9 Å². The van der Waals surface area contributed by atoms with Gasteiger partial charge >= 0.3 is 11.9 Å². The van der Waals surface area contributed by atoms with Crippen LogP contribution in [0.25, 0.3) is 11.1 Å². The molecular weight excluding hydrogens is 498 g/mol. The van der Waals surface area contributed by atoms with Crippen molar-refractivity contribution in [2.45, 2.75) is 59.4 Å². The lowest BCUT2D eigenvalue weighted by molar-refractivity contribution is -0.143. The van der Waals surface area contributed by atoms with Crippen LogP contribution in [0.2, 0.25) is 0 Å². The first kappa shape index (κ1) is 29.3. The minimum absolute atomic E-state index is 0.243. The minimum atomic E-state index is -0.591. The van der Waals surface area contributed by atoms with Crippen LogP contribution < -0.4 is 4.74 Å². The Labute approximate surface area is 238 Å². The third-order valence-electron chi connectivity index (χ3n) is 7.51. The lowest BCUT2D eigenvalue weighted by Crippen LogP contribution is -2.48. The van der Waals surface area contributed by atoms with E-state index < -0.39 is 5.41 Å². The number of hydrogen-bond donors (Lipinski definition) is 0. The average Bonchev–Trinajstić information content (AvgIpc) is 2.91. The molecule has 1 aliphatic rings. The van der Waals surface area contributed by atoms with Gasteiger partial charge in [-0.2, -0.15) is 0 Å². The molecule has 0 atom stereocenters. The van der Waals surface area contributed by atoms with Crippen molar-refractivity contribution >= 4 is 23.1 Å². The molecule has 1 heterocycles. The molecule has 1 fully saturated rings. The Morgan fingerprint density at radius 1 is 0.825 bits per heavy atom. The maximum Gasteiger partial charge on any atom is 0.316 e. The number of carbonyl (C=O) groups excluding carboxylic acids is 2. The summed E-state index contributed by atoms with van der Waals surface area (Å²) in [7, 11) is 1.42. The molecular formula is C35H41NO4. The highest BCUT2D eigenvalue weighted by Gasteiger charge is 2.29. The first-order valence-corrected chi connectivity index (χ1v) is 14.1. The fourth-order valence-corrected chi connectivity index (χ4v) is 4.91. The van der Waals surface area contributed by atoms with Crippen molar-refractivity contribution in [3.8, 4) is 5.75 Å². The van der Waals surface area contributed by atoms with Crippen LogP contribution in [0.5, 0.6) is 5.75 Å². The molecule has 0 unspecified atom stereocenters. The van der Waals surface area contributed by atoms with Crippen LogP contribution in [0, 0.1) is 5.41 Å². The molecule has 1 saturated heterocycles. The number of likely N-dealkylation sites (tertiary alicyclic amines) is 1. The van der Waals surface area contributed by atoms with Gasteiger partial charge in [-0.3, -0.25) is 14.5 Å². The van der Waals surface area contributed by atoms with Gasteiger partial charge in [0.1, 0.15) is 5.75 Å². The quantitative estimate of drug-likeness (QED) is 0.162. The molecule has 40 heavy (non-hydrogen) atoms. The number of allylic oxidation sites excluding steroid dienone is 1. The van der Waals surface area contributed by atoms with E-state index in [1.807, 2.05) is 63.2 Å². The van der Waals surface area contributed by atoms with Gasteiger partial charge in [0.05, 0.1) is 12.5 Å². The number of esters is 2. The molecule has 0 spiro atoms. The zero-order valence-electron chi connectivity index (χ0n) is 24.6. The molecule has 0 aromatic heterocycles. The number of hydrogen-bond acceptors (Lipinski definition) is 5. The smallest absolute Gasteiger partial charge is 0.316 e. The van der Waals surface area contributed by atoms with Crippen molar-refractivity contribution in [1.82, 2.24) is 4.90 Å². The van der Waals surface area contributed by atoms with Gasteiger partial charge in [0.15, 0.2) is 0 Å². The van der Waals surface area contributed by atoms with Crippen molar-refractivity contribution in [2.24, 2.45) is 5.41 Å². The van der Waals surface area contributed by atoms with E-state index >= 15 is 0 Å². The Bertz CT molecular complexity index is 1330. The monoisotopic (exact) mass is 539 g/mol. The van der Waals surface area contributed by atoms with Crippen LogP contribution in [0.3, 0.4) is 0 Å². The fourth-order valence-electron chi connectivity index (χ4n) is 4.91. The van der Waals surface area contributed by atoms with Crippen LogP contribution >= 0.6 is 0 Å². The Balaban J connectivity index is 1.75. The van der Waals surface area contributed by atoms with E-state index in [1.54, 1.807) is 0 Å². The van der Waals surface area contributed by atoms with Crippen molar-refractivity contribution in [1.29, 1.82) is 0 Å². The highest BCUT2D eigenvalue weighted by atomic mass is 16.5. The van der Waals surface area contributed by atoms with Crippen molar-refractivity contribution in [3.63, 3.8) is 0 Å². The van der Waals surface area contributed by atoms with Crippen molar-refractivity contribution in [3.05, 3.63) is 101 Å². The number of benzene rings is 3. The predicted molar refractivity (Wildman–Crippen MR) is 161 cm³/mol. The van der Waals surface area contributed by atoms with Crippen LogP contribution in [-0.4, -0.2) is 43.1 Å². The SMILES string of the molecule is COC(=O)CC/C(=C(\c1ccc(OC(=O)C(C)(C)C)cc1)c1ccc(C2CN(C(C)C)C2)cc1)c1ccccc1. The first-order chi connectivity index (χ1) is 19.1. The Hall–Kier alpha value is -3.70. The summed E-state index contributed by atoms with van der Waals surface area (Å²) >= 11 is 0. The summed E-state index contributed by atoms with van der Waals surface area (Å²) < 4.78 is 10.6. The Morgan fingerprint density at radius 3 is 1.93 bits per heavy atom. The van der Waals surface area contributed by atoms with E-state index in [0.29, 0.717) is 24.1 Å². The van der Waals surface area contributed by atoms with Gasteiger partial charge in [-0.25, -0.2) is 0 Å². The van der Waals surface area contributed by atoms with E-state index in [4.69, 9.17) is 9.47 Å². The zero-order valence-corrected chi connectivity index (χ0v) is 24.6. The summed E-state index contributed by atoms with van der Waals surface area (Å²) in [6.45, 7) is 12.2. The summed E-state index contributed by atoms with van der Waals surface area (Å²) in [6, 6.07) is 27.3. The molecule has 3 aromatic rings. The number of nitrogens with zero attached hydrogens (tertiary/aromatic N) is 1. The van der Waals surface area contributed by atoms with E-state index in [9.17, 15) is 9.59 Å². The molecule has 4 rings (SSSR count). The standard InChI is InChI=1S/C35H41NO4/c1-24(2)36-22-29(23-36)25-12-14-27(15-13-25)33(28-16-18-30(19-17-28)40-34(38)35(3,4)5)31(20-21-32(37)39-6)26-10-8-7-9-11-26/h7-19,24,29H,20-23H2,1-6H3/b33-31+. The molecule has 0 N–H and O–H groups in total. The molecule has 0 aliphatic carbocycles. The normalized spacial score (nSPS) is 14.9. The second-order valence-electron chi connectivity index (χ2n) is 11.8. The Kier molecular flexibility index (Phi) is 9.26. The third kappa shape index (κ3) is 7.08. The van der Waals surface area contributed by atoms with Gasteiger partial charge in [-0.05, 0) is 86.6 Å². The highest BCUT2D eigenvalue weighted by molar-refractivity contribution is 5.99. The van der Waals surface area contributed by atoms with E-state index in [-0.39, 0.29) is 18.4 Å². The van der Waals surface area contributed by atoms with Gasteiger partial charge in [0.25, 0.3) is 0 Å². The fraction of sp³-hybridized carbons (Fsp3) is 0.371. The molecule has 0 bridgehead atoms. The second-order valence-corrected chi connectivity index (χ2v) is 11.8. The summed E-state index contributed by atoms with van der Waals surface area (Å²) in [5.74, 6) is 0.538. The summed E-state index contributed by atoms with van der Waals surface area (Å²) in [6.07, 6.45) is 0.803. The zero-order chi connectivity index (χ0) is 28.9. The molecule has 210 valence electrons. The maximum atomic E-state index is 12.4. The molecule has 0 saturated carbocycles. The lowest BCUT2D eigenvalue weighted by Gasteiger charge is -2.42.